The van der Waals surface area contributed by atoms with E-state index < -0.39 is 0 Å². The Bertz CT molecular complexity index is 1400. The Labute approximate surface area is 210 Å². The van der Waals surface area contributed by atoms with Crippen LogP contribution in [0.1, 0.15) is 54.9 Å². The lowest BCUT2D eigenvalue weighted by Gasteiger charge is -2.12. The van der Waals surface area contributed by atoms with Gasteiger partial charge in [0.25, 0.3) is 0 Å². The van der Waals surface area contributed by atoms with Crippen molar-refractivity contribution in [1.29, 1.82) is 5.26 Å². The van der Waals surface area contributed by atoms with E-state index in [1.807, 2.05) is 43.3 Å². The van der Waals surface area contributed by atoms with Gasteiger partial charge < -0.3 is 9.47 Å². The highest BCUT2D eigenvalue weighted by molar-refractivity contribution is 5.70. The van der Waals surface area contributed by atoms with Crippen LogP contribution < -0.4 is 4.74 Å². The average molecular weight is 484 g/mol. The summed E-state index contributed by atoms with van der Waals surface area (Å²) in [7, 11) is 0. The Kier molecular flexibility index (Phi) is 7.91. The zero-order chi connectivity index (χ0) is 25.5. The molecule has 2 aromatic carbocycles. The summed E-state index contributed by atoms with van der Waals surface area (Å²) >= 11 is 0. The van der Waals surface area contributed by atoms with Crippen LogP contribution in [0.5, 0.6) is 6.01 Å². The van der Waals surface area contributed by atoms with E-state index >= 15 is 0 Å². The molecule has 0 unspecified atom stereocenters. The third kappa shape index (κ3) is 5.69. The lowest BCUT2D eigenvalue weighted by molar-refractivity contribution is -0.141. The van der Waals surface area contributed by atoms with Crippen molar-refractivity contribution in [3.63, 3.8) is 0 Å². The predicted molar refractivity (Wildman–Crippen MR) is 136 cm³/mol. The van der Waals surface area contributed by atoms with Crippen molar-refractivity contribution in [1.82, 2.24) is 19.6 Å². The largest absolute Gasteiger partial charge is 0.462 e. The molecule has 4 aromatic rings. The van der Waals surface area contributed by atoms with Gasteiger partial charge in [0.05, 0.1) is 11.6 Å². The highest BCUT2D eigenvalue weighted by Gasteiger charge is 2.18. The summed E-state index contributed by atoms with van der Waals surface area (Å²) in [5.41, 5.74) is 6.43. The number of carbonyl (C=O) groups is 1. The molecule has 0 N–H and O–H groups in total. The summed E-state index contributed by atoms with van der Waals surface area (Å²) in [6, 6.07) is 18.3. The normalized spacial score (nSPS) is 10.8. The van der Waals surface area contributed by atoms with Gasteiger partial charge in [0.1, 0.15) is 19.0 Å². The number of unbranched alkanes of at least 4 members (excludes halogenated alkanes) is 1. The van der Waals surface area contributed by atoms with Crippen LogP contribution >= 0.6 is 0 Å². The number of esters is 1. The Morgan fingerprint density at radius 3 is 2.58 bits per heavy atom. The number of nitrogens with zero attached hydrogens (tertiary/aromatic N) is 5. The predicted octanol–water partition coefficient (Wildman–Crippen LogP) is 4.85. The van der Waals surface area contributed by atoms with Crippen LogP contribution in [0.15, 0.2) is 48.5 Å². The topological polar surface area (TPSA) is 102 Å². The molecule has 36 heavy (non-hydrogen) atoms. The van der Waals surface area contributed by atoms with Crippen LogP contribution in [0.2, 0.25) is 0 Å². The molecule has 0 aliphatic rings. The van der Waals surface area contributed by atoms with Crippen LogP contribution in [0.25, 0.3) is 16.8 Å². The molecule has 0 bridgehead atoms. The van der Waals surface area contributed by atoms with E-state index in [1.165, 1.54) is 6.92 Å². The van der Waals surface area contributed by atoms with Gasteiger partial charge in [-0.15, -0.1) is 5.10 Å². The van der Waals surface area contributed by atoms with Crippen LogP contribution in [-0.4, -0.2) is 38.8 Å². The Morgan fingerprint density at radius 2 is 1.86 bits per heavy atom. The van der Waals surface area contributed by atoms with E-state index in [2.05, 4.69) is 35.2 Å². The van der Waals surface area contributed by atoms with E-state index in [9.17, 15) is 10.1 Å². The number of nitriles is 1. The van der Waals surface area contributed by atoms with Gasteiger partial charge in [-0.2, -0.15) is 14.8 Å². The number of hydrogen-bond donors (Lipinski definition) is 0. The summed E-state index contributed by atoms with van der Waals surface area (Å²) in [5.74, 6) is 0.386. The SMILES string of the molecule is CCCCc1nc(C)n2nc(OCCOC(C)=O)nc2c1Cc1ccc(-c2ccccc2C#N)cc1. The molecule has 0 saturated carbocycles. The van der Waals surface area contributed by atoms with Gasteiger partial charge in [0.15, 0.2) is 5.65 Å². The van der Waals surface area contributed by atoms with E-state index in [-0.39, 0.29) is 25.2 Å². The minimum absolute atomic E-state index is 0.137. The minimum Gasteiger partial charge on any atom is -0.462 e. The van der Waals surface area contributed by atoms with Gasteiger partial charge in [0, 0.05) is 24.6 Å². The highest BCUT2D eigenvalue weighted by atomic mass is 16.6. The maximum Gasteiger partial charge on any atom is 0.336 e. The van der Waals surface area contributed by atoms with E-state index in [0.29, 0.717) is 12.0 Å². The molecule has 0 spiro atoms. The molecule has 8 heteroatoms. The molecule has 2 heterocycles. The van der Waals surface area contributed by atoms with Gasteiger partial charge in [-0.3, -0.25) is 4.79 Å². The van der Waals surface area contributed by atoms with E-state index in [1.54, 1.807) is 4.52 Å². The van der Waals surface area contributed by atoms with Crippen LogP contribution in [-0.2, 0) is 22.4 Å². The van der Waals surface area contributed by atoms with Crippen LogP contribution in [0.4, 0.5) is 0 Å². The molecule has 0 saturated heterocycles. The highest BCUT2D eigenvalue weighted by Crippen LogP contribution is 2.26. The molecular weight excluding hydrogens is 454 g/mol. The summed E-state index contributed by atoms with van der Waals surface area (Å²) in [4.78, 5) is 20.5. The summed E-state index contributed by atoms with van der Waals surface area (Å²) in [5, 5.41) is 13.9. The molecular formula is C28H29N5O3. The molecule has 184 valence electrons. The van der Waals surface area contributed by atoms with Gasteiger partial charge in [-0.05, 0) is 42.5 Å². The van der Waals surface area contributed by atoms with Crippen molar-refractivity contribution in [2.45, 2.75) is 46.5 Å². The molecule has 0 amide bonds. The molecule has 4 rings (SSSR count). The molecule has 0 atom stereocenters. The quantitative estimate of drug-likeness (QED) is 0.235. The Balaban J connectivity index is 1.65. The molecule has 2 aromatic heterocycles. The Hall–Kier alpha value is -4.25. The van der Waals surface area contributed by atoms with Crippen molar-refractivity contribution in [2.75, 3.05) is 13.2 Å². The zero-order valence-corrected chi connectivity index (χ0v) is 20.8. The molecule has 0 aliphatic heterocycles. The van der Waals surface area contributed by atoms with Gasteiger partial charge in [0.2, 0.25) is 0 Å². The fourth-order valence-corrected chi connectivity index (χ4v) is 4.10. The van der Waals surface area contributed by atoms with Gasteiger partial charge in [-0.1, -0.05) is 55.8 Å². The zero-order valence-electron chi connectivity index (χ0n) is 20.8. The van der Waals surface area contributed by atoms with Crippen LogP contribution in [0, 0.1) is 18.3 Å². The lowest BCUT2D eigenvalue weighted by Crippen LogP contribution is -2.10. The number of aryl methyl sites for hydroxylation is 2. The second kappa shape index (κ2) is 11.5. The van der Waals surface area contributed by atoms with Crippen molar-refractivity contribution < 1.29 is 14.3 Å². The van der Waals surface area contributed by atoms with Crippen molar-refractivity contribution >= 4 is 11.6 Å². The first-order valence-corrected chi connectivity index (χ1v) is 12.1. The smallest absolute Gasteiger partial charge is 0.336 e. The third-order valence-corrected chi connectivity index (χ3v) is 5.89. The summed E-state index contributed by atoms with van der Waals surface area (Å²) in [6.45, 7) is 5.74. The molecule has 0 aliphatic carbocycles. The number of benzene rings is 2. The van der Waals surface area contributed by atoms with Crippen molar-refractivity contribution in [3.05, 3.63) is 76.7 Å². The fourth-order valence-electron chi connectivity index (χ4n) is 4.10. The number of aromatic nitrogens is 4. The van der Waals surface area contributed by atoms with Gasteiger partial charge in [-0.25, -0.2) is 4.98 Å². The van der Waals surface area contributed by atoms with E-state index in [4.69, 9.17) is 14.5 Å². The molecule has 0 fully saturated rings. The number of ether oxygens (including phenoxy) is 2. The Morgan fingerprint density at radius 1 is 1.08 bits per heavy atom. The number of fused-ring (bicyclic) bond motifs is 1. The average Bonchev–Trinajstić information content (AvgIpc) is 3.32. The summed E-state index contributed by atoms with van der Waals surface area (Å²) < 4.78 is 12.3. The maximum atomic E-state index is 11.0. The molecule has 8 nitrogen and oxygen atoms in total. The number of rotatable bonds is 10. The van der Waals surface area contributed by atoms with Crippen molar-refractivity contribution in [3.8, 4) is 23.2 Å². The maximum absolute atomic E-state index is 11.0. The van der Waals surface area contributed by atoms with Crippen molar-refractivity contribution in [2.24, 2.45) is 0 Å². The number of hydrogen-bond acceptors (Lipinski definition) is 7. The third-order valence-electron chi connectivity index (χ3n) is 5.89. The molecule has 0 radical (unpaired) electrons. The van der Waals surface area contributed by atoms with E-state index in [0.717, 1.165) is 58.7 Å². The summed E-state index contributed by atoms with van der Waals surface area (Å²) in [6.07, 6.45) is 3.59. The first kappa shape index (κ1) is 24.9. The lowest BCUT2D eigenvalue weighted by atomic mass is 9.96. The standard InChI is InChI=1S/C28H29N5O3/c1-4-5-10-26-25(17-21-11-13-22(14-12-21)24-9-7-6-8-23(24)18-29)27-31-28(32-33(27)19(2)30-26)36-16-15-35-20(3)34/h6-9,11-14H,4-5,10,15-17H2,1-3H3. The van der Waals surface area contributed by atoms with Gasteiger partial charge >= 0.3 is 12.0 Å². The monoisotopic (exact) mass is 483 g/mol. The minimum atomic E-state index is -0.355. The fraction of sp³-hybridized carbons (Fsp3) is 0.321. The van der Waals surface area contributed by atoms with Crippen LogP contribution in [0.3, 0.4) is 0 Å². The first-order chi connectivity index (χ1) is 17.5. The first-order valence-electron chi connectivity index (χ1n) is 12.1. The number of carbonyl (C=O) groups excluding carboxylic acids is 1. The second-order valence-corrected chi connectivity index (χ2v) is 8.54. The second-order valence-electron chi connectivity index (χ2n) is 8.54.